The molecule has 0 unspecified atom stereocenters. The van der Waals surface area contributed by atoms with Gasteiger partial charge in [0.1, 0.15) is 0 Å². The number of thiophene rings is 1. The van der Waals surface area contributed by atoms with Gasteiger partial charge in [0.2, 0.25) is 5.89 Å². The number of ether oxygens (including phenoxy) is 1. The molecule has 0 aliphatic rings. The van der Waals surface area contributed by atoms with Gasteiger partial charge in [0.15, 0.2) is 5.76 Å². The van der Waals surface area contributed by atoms with Crippen molar-refractivity contribution in [3.8, 4) is 22.1 Å². The maximum absolute atomic E-state index is 12.0. The van der Waals surface area contributed by atoms with Crippen molar-refractivity contribution in [3.63, 3.8) is 0 Å². The third-order valence-corrected chi connectivity index (χ3v) is 5.41. The van der Waals surface area contributed by atoms with Crippen molar-refractivity contribution >= 4 is 39.0 Å². The maximum Gasteiger partial charge on any atom is 0.312 e. The standard InChI is InChI=1S/C21H16ClNO3S/c1-2-25-19(24)12-16-20(13-7-9-15(22)10-8-13)26-21(23-16)18-11-14-5-3-4-6-17(14)27-18/h3-11H,2,12H2,1H3. The lowest BCUT2D eigenvalue weighted by atomic mass is 10.1. The lowest BCUT2D eigenvalue weighted by molar-refractivity contribution is -0.142. The summed E-state index contributed by atoms with van der Waals surface area (Å²) in [6.07, 6.45) is 0.0557. The van der Waals surface area contributed by atoms with E-state index >= 15 is 0 Å². The predicted molar refractivity (Wildman–Crippen MR) is 108 cm³/mol. The highest BCUT2D eigenvalue weighted by atomic mass is 35.5. The quantitative estimate of drug-likeness (QED) is 0.388. The van der Waals surface area contributed by atoms with Crippen molar-refractivity contribution in [2.75, 3.05) is 6.61 Å². The summed E-state index contributed by atoms with van der Waals surface area (Å²) < 4.78 is 12.3. The Morgan fingerprint density at radius 3 is 2.70 bits per heavy atom. The lowest BCUT2D eigenvalue weighted by Gasteiger charge is -2.02. The molecule has 2 heterocycles. The first-order valence-electron chi connectivity index (χ1n) is 8.54. The second-order valence-electron chi connectivity index (χ2n) is 5.93. The first-order chi connectivity index (χ1) is 13.1. The van der Waals surface area contributed by atoms with Gasteiger partial charge in [-0.1, -0.05) is 29.8 Å². The third kappa shape index (κ3) is 3.75. The Morgan fingerprint density at radius 1 is 1.19 bits per heavy atom. The Hall–Kier alpha value is -2.63. The molecule has 0 radical (unpaired) electrons. The van der Waals surface area contributed by atoms with E-state index in [9.17, 15) is 4.79 Å². The van der Waals surface area contributed by atoms with Gasteiger partial charge in [-0.15, -0.1) is 11.3 Å². The molecule has 2 aromatic heterocycles. The van der Waals surface area contributed by atoms with E-state index in [0.717, 1.165) is 20.5 Å². The number of oxazole rings is 1. The van der Waals surface area contributed by atoms with Crippen molar-refractivity contribution in [1.82, 2.24) is 4.98 Å². The second-order valence-corrected chi connectivity index (χ2v) is 7.45. The maximum atomic E-state index is 12.0. The Balaban J connectivity index is 1.78. The predicted octanol–water partition coefficient (Wildman–Crippen LogP) is 5.98. The van der Waals surface area contributed by atoms with Gasteiger partial charge in [-0.25, -0.2) is 4.98 Å². The zero-order valence-corrected chi connectivity index (χ0v) is 16.1. The lowest BCUT2D eigenvalue weighted by Crippen LogP contribution is -2.08. The van der Waals surface area contributed by atoms with Crippen molar-refractivity contribution < 1.29 is 13.9 Å². The summed E-state index contributed by atoms with van der Waals surface area (Å²) in [4.78, 5) is 17.5. The van der Waals surface area contributed by atoms with Crippen molar-refractivity contribution in [1.29, 1.82) is 0 Å². The number of hydrogen-bond donors (Lipinski definition) is 0. The molecule has 0 spiro atoms. The van der Waals surface area contributed by atoms with Crippen LogP contribution in [0.5, 0.6) is 0 Å². The van der Waals surface area contributed by atoms with Crippen molar-refractivity contribution in [3.05, 3.63) is 65.3 Å². The number of halogens is 1. The summed E-state index contributed by atoms with van der Waals surface area (Å²) in [5.74, 6) is 0.733. The van der Waals surface area contributed by atoms with E-state index in [4.69, 9.17) is 20.8 Å². The molecule has 4 aromatic rings. The van der Waals surface area contributed by atoms with E-state index in [1.807, 2.05) is 30.3 Å². The van der Waals surface area contributed by atoms with E-state index in [2.05, 4.69) is 17.1 Å². The molecule has 27 heavy (non-hydrogen) atoms. The summed E-state index contributed by atoms with van der Waals surface area (Å²) in [7, 11) is 0. The second kappa shape index (κ2) is 7.55. The largest absolute Gasteiger partial charge is 0.466 e. The van der Waals surface area contributed by atoms with Gasteiger partial charge in [0, 0.05) is 15.3 Å². The molecule has 0 saturated heterocycles. The molecule has 4 nitrogen and oxygen atoms in total. The van der Waals surface area contributed by atoms with E-state index in [0.29, 0.717) is 29.0 Å². The Morgan fingerprint density at radius 2 is 1.96 bits per heavy atom. The van der Waals surface area contributed by atoms with Crippen LogP contribution in [0.2, 0.25) is 5.02 Å². The van der Waals surface area contributed by atoms with Crippen LogP contribution in [-0.2, 0) is 16.0 Å². The van der Waals surface area contributed by atoms with Crippen molar-refractivity contribution in [2.45, 2.75) is 13.3 Å². The summed E-state index contributed by atoms with van der Waals surface area (Å²) in [5, 5.41) is 1.77. The number of carbonyl (C=O) groups excluding carboxylic acids is 1. The molecule has 2 aromatic carbocycles. The minimum atomic E-state index is -0.330. The molecular weight excluding hydrogens is 382 g/mol. The highest BCUT2D eigenvalue weighted by Gasteiger charge is 2.20. The third-order valence-electron chi connectivity index (χ3n) is 4.06. The van der Waals surface area contributed by atoms with E-state index in [-0.39, 0.29) is 12.4 Å². The summed E-state index contributed by atoms with van der Waals surface area (Å²) in [6.45, 7) is 2.11. The summed E-state index contributed by atoms with van der Waals surface area (Å²) >= 11 is 7.60. The molecule has 0 saturated carbocycles. The van der Waals surface area contributed by atoms with Gasteiger partial charge in [-0.3, -0.25) is 4.79 Å². The van der Waals surface area contributed by atoms with Crippen LogP contribution < -0.4 is 0 Å². The SMILES string of the molecule is CCOC(=O)Cc1nc(-c2cc3ccccc3s2)oc1-c1ccc(Cl)cc1. The monoisotopic (exact) mass is 397 g/mol. The highest BCUT2D eigenvalue weighted by molar-refractivity contribution is 7.22. The highest BCUT2D eigenvalue weighted by Crippen LogP contribution is 2.36. The van der Waals surface area contributed by atoms with Gasteiger partial charge < -0.3 is 9.15 Å². The Bertz CT molecular complexity index is 1070. The van der Waals surface area contributed by atoms with Crippen LogP contribution in [0.3, 0.4) is 0 Å². The van der Waals surface area contributed by atoms with Crippen LogP contribution in [0, 0.1) is 0 Å². The van der Waals surface area contributed by atoms with E-state index < -0.39 is 0 Å². The van der Waals surface area contributed by atoms with Crippen LogP contribution in [0.15, 0.2) is 59.0 Å². The smallest absolute Gasteiger partial charge is 0.312 e. The van der Waals surface area contributed by atoms with E-state index in [1.165, 1.54) is 0 Å². The first kappa shape index (κ1) is 17.8. The number of hydrogen-bond acceptors (Lipinski definition) is 5. The number of carbonyl (C=O) groups is 1. The number of aromatic nitrogens is 1. The average molecular weight is 398 g/mol. The number of benzene rings is 2. The topological polar surface area (TPSA) is 52.3 Å². The fraction of sp³-hybridized carbons (Fsp3) is 0.143. The molecule has 0 fully saturated rings. The van der Waals surface area contributed by atoms with E-state index in [1.54, 1.807) is 30.4 Å². The normalized spacial score (nSPS) is 11.0. The van der Waals surface area contributed by atoms with Gasteiger partial charge in [-0.2, -0.15) is 0 Å². The average Bonchev–Trinajstić information content (AvgIpc) is 3.26. The van der Waals surface area contributed by atoms with Crippen LogP contribution >= 0.6 is 22.9 Å². The number of nitrogens with zero attached hydrogens (tertiary/aromatic N) is 1. The number of rotatable bonds is 5. The fourth-order valence-corrected chi connectivity index (χ4v) is 3.95. The minimum absolute atomic E-state index is 0.0557. The fourth-order valence-electron chi connectivity index (χ4n) is 2.84. The zero-order chi connectivity index (χ0) is 18.8. The van der Waals surface area contributed by atoms with Crippen LogP contribution in [0.1, 0.15) is 12.6 Å². The van der Waals surface area contributed by atoms with Crippen LogP contribution in [0.25, 0.3) is 32.2 Å². The molecule has 0 N–H and O–H groups in total. The molecule has 0 bridgehead atoms. The molecule has 6 heteroatoms. The van der Waals surface area contributed by atoms with Gasteiger partial charge in [0.25, 0.3) is 0 Å². The Kier molecular flexibility index (Phi) is 4.97. The van der Waals surface area contributed by atoms with Crippen molar-refractivity contribution in [2.24, 2.45) is 0 Å². The molecule has 0 amide bonds. The molecule has 0 aliphatic heterocycles. The van der Waals surface area contributed by atoms with Gasteiger partial charge in [0.05, 0.1) is 23.6 Å². The minimum Gasteiger partial charge on any atom is -0.466 e. The van der Waals surface area contributed by atoms with Crippen LogP contribution in [-0.4, -0.2) is 17.6 Å². The first-order valence-corrected chi connectivity index (χ1v) is 9.73. The molecule has 4 rings (SSSR count). The summed E-state index contributed by atoms with van der Waals surface area (Å²) in [5.41, 5.74) is 1.38. The molecular formula is C21H16ClNO3S. The number of fused-ring (bicyclic) bond motifs is 1. The van der Waals surface area contributed by atoms with Gasteiger partial charge >= 0.3 is 5.97 Å². The number of esters is 1. The Labute approximate surface area is 165 Å². The molecule has 0 atom stereocenters. The molecule has 136 valence electrons. The zero-order valence-electron chi connectivity index (χ0n) is 14.6. The van der Waals surface area contributed by atoms with Crippen LogP contribution in [0.4, 0.5) is 0 Å². The molecule has 0 aliphatic carbocycles. The van der Waals surface area contributed by atoms with Gasteiger partial charge in [-0.05, 0) is 48.7 Å². The summed E-state index contributed by atoms with van der Waals surface area (Å²) in [6, 6.07) is 17.4.